The van der Waals surface area contributed by atoms with Gasteiger partial charge in [0.2, 0.25) is 0 Å². The summed E-state index contributed by atoms with van der Waals surface area (Å²) in [5.41, 5.74) is 1.60. The zero-order valence-electron chi connectivity index (χ0n) is 17.1. The molecule has 1 heterocycles. The summed E-state index contributed by atoms with van der Waals surface area (Å²) in [4.78, 5) is 11.8. The Morgan fingerprint density at radius 1 is 1.43 bits per heavy atom. The molecule has 28 heavy (non-hydrogen) atoms. The standard InChI is InChI=1S/C21H28ClFN2O3/c1-13(7-6-10-21(3,4)28-5)11-18-19(20(26)27)14(2)25(24-18)15-8-9-17(23)16(22)12-15/h8-9,12-13H,6-7,10-11H2,1-5H3,(H,26,27). The molecule has 2 rings (SSSR count). The number of rotatable bonds is 9. The van der Waals surface area contributed by atoms with Gasteiger partial charge < -0.3 is 9.84 Å². The predicted molar refractivity (Wildman–Crippen MR) is 108 cm³/mol. The molecular formula is C21H28ClFN2O3. The third kappa shape index (κ3) is 5.32. The van der Waals surface area contributed by atoms with E-state index in [1.807, 2.05) is 0 Å². The second-order valence-corrected chi connectivity index (χ2v) is 8.30. The van der Waals surface area contributed by atoms with Crippen LogP contribution >= 0.6 is 11.6 Å². The Hall–Kier alpha value is -1.92. The van der Waals surface area contributed by atoms with E-state index < -0.39 is 11.8 Å². The monoisotopic (exact) mass is 410 g/mol. The molecule has 1 unspecified atom stereocenters. The first kappa shape index (κ1) is 22.4. The van der Waals surface area contributed by atoms with Crippen LogP contribution in [-0.4, -0.2) is 33.6 Å². The molecule has 0 radical (unpaired) electrons. The molecule has 0 aliphatic heterocycles. The van der Waals surface area contributed by atoms with Crippen LogP contribution in [-0.2, 0) is 11.2 Å². The Kier molecular flexibility index (Phi) is 7.23. The van der Waals surface area contributed by atoms with Crippen LogP contribution in [0.25, 0.3) is 5.69 Å². The highest BCUT2D eigenvalue weighted by Crippen LogP contribution is 2.26. The van der Waals surface area contributed by atoms with Gasteiger partial charge in [-0.3, -0.25) is 0 Å². The van der Waals surface area contributed by atoms with Crippen molar-refractivity contribution >= 4 is 17.6 Å². The van der Waals surface area contributed by atoms with E-state index in [0.717, 1.165) is 19.3 Å². The van der Waals surface area contributed by atoms with Crippen LogP contribution < -0.4 is 0 Å². The first-order chi connectivity index (χ1) is 13.1. The quantitative estimate of drug-likeness (QED) is 0.597. The van der Waals surface area contributed by atoms with E-state index in [9.17, 15) is 14.3 Å². The van der Waals surface area contributed by atoms with Gasteiger partial charge in [0.05, 0.1) is 27.7 Å². The Morgan fingerprint density at radius 2 is 2.11 bits per heavy atom. The van der Waals surface area contributed by atoms with Gasteiger partial charge in [0, 0.05) is 7.11 Å². The lowest BCUT2D eigenvalue weighted by atomic mass is 9.93. The molecule has 7 heteroatoms. The second kappa shape index (κ2) is 9.05. The number of halogens is 2. The van der Waals surface area contributed by atoms with Crippen molar-refractivity contribution in [1.29, 1.82) is 0 Å². The number of carboxylic acids is 1. The number of aromatic nitrogens is 2. The lowest BCUT2D eigenvalue weighted by Crippen LogP contribution is -2.22. The van der Waals surface area contributed by atoms with Crippen LogP contribution in [0.1, 0.15) is 61.8 Å². The van der Waals surface area contributed by atoms with Crippen molar-refractivity contribution in [1.82, 2.24) is 9.78 Å². The summed E-state index contributed by atoms with van der Waals surface area (Å²) in [5, 5.41) is 14.2. The van der Waals surface area contributed by atoms with Crippen LogP contribution in [0, 0.1) is 18.7 Å². The van der Waals surface area contributed by atoms with E-state index in [0.29, 0.717) is 23.5 Å². The smallest absolute Gasteiger partial charge is 0.339 e. The molecule has 0 fully saturated rings. The molecule has 2 aromatic rings. The van der Waals surface area contributed by atoms with E-state index >= 15 is 0 Å². The van der Waals surface area contributed by atoms with Gasteiger partial charge in [-0.1, -0.05) is 31.4 Å². The minimum Gasteiger partial charge on any atom is -0.478 e. The maximum Gasteiger partial charge on any atom is 0.339 e. The van der Waals surface area contributed by atoms with Crippen LogP contribution in [0.2, 0.25) is 5.02 Å². The summed E-state index contributed by atoms with van der Waals surface area (Å²) in [7, 11) is 1.71. The average Bonchev–Trinajstić information content (AvgIpc) is 2.93. The van der Waals surface area contributed by atoms with Crippen LogP contribution in [0.5, 0.6) is 0 Å². The maximum absolute atomic E-state index is 13.5. The summed E-state index contributed by atoms with van der Waals surface area (Å²) >= 11 is 5.87. The molecule has 0 aliphatic rings. The Morgan fingerprint density at radius 3 is 2.68 bits per heavy atom. The zero-order valence-corrected chi connectivity index (χ0v) is 17.8. The van der Waals surface area contributed by atoms with Crippen LogP contribution in [0.15, 0.2) is 18.2 Å². The fourth-order valence-corrected chi connectivity index (χ4v) is 3.43. The van der Waals surface area contributed by atoms with Crippen molar-refractivity contribution in [3.05, 3.63) is 46.0 Å². The topological polar surface area (TPSA) is 64.4 Å². The maximum atomic E-state index is 13.5. The summed E-state index contributed by atoms with van der Waals surface area (Å²) in [6.07, 6.45) is 3.41. The Balaban J connectivity index is 2.22. The number of methoxy groups -OCH3 is 1. The van der Waals surface area contributed by atoms with Crippen molar-refractivity contribution in [2.45, 2.75) is 59.0 Å². The zero-order chi connectivity index (χ0) is 21.1. The average molecular weight is 411 g/mol. The SMILES string of the molecule is COC(C)(C)CCCC(C)Cc1nn(-c2ccc(F)c(Cl)c2)c(C)c1C(=O)O. The number of carbonyl (C=O) groups is 1. The van der Waals surface area contributed by atoms with E-state index in [2.05, 4.69) is 25.9 Å². The summed E-state index contributed by atoms with van der Waals surface area (Å²) in [6, 6.07) is 4.23. The van der Waals surface area contributed by atoms with E-state index in [-0.39, 0.29) is 22.1 Å². The van der Waals surface area contributed by atoms with E-state index in [4.69, 9.17) is 16.3 Å². The molecule has 1 aromatic carbocycles. The predicted octanol–water partition coefficient (Wildman–Crippen LogP) is 5.45. The fraction of sp³-hybridized carbons (Fsp3) is 0.524. The number of hydrogen-bond acceptors (Lipinski definition) is 3. The number of nitrogens with zero attached hydrogens (tertiary/aromatic N) is 2. The highest BCUT2D eigenvalue weighted by Gasteiger charge is 2.23. The van der Waals surface area contributed by atoms with Crippen molar-refractivity contribution < 1.29 is 19.0 Å². The molecule has 0 spiro atoms. The molecular weight excluding hydrogens is 383 g/mol. The Labute approximate surface area is 170 Å². The molecule has 5 nitrogen and oxygen atoms in total. The van der Waals surface area contributed by atoms with E-state index in [1.165, 1.54) is 22.9 Å². The van der Waals surface area contributed by atoms with Crippen LogP contribution in [0.4, 0.5) is 4.39 Å². The second-order valence-electron chi connectivity index (χ2n) is 7.89. The summed E-state index contributed by atoms with van der Waals surface area (Å²) < 4.78 is 20.4. The minimum atomic E-state index is -1.01. The molecule has 1 aromatic heterocycles. The van der Waals surface area contributed by atoms with Gasteiger partial charge in [0.15, 0.2) is 0 Å². The highest BCUT2D eigenvalue weighted by atomic mass is 35.5. The van der Waals surface area contributed by atoms with Crippen LogP contribution in [0.3, 0.4) is 0 Å². The largest absolute Gasteiger partial charge is 0.478 e. The number of aromatic carboxylic acids is 1. The van der Waals surface area contributed by atoms with Gasteiger partial charge in [-0.2, -0.15) is 5.10 Å². The molecule has 154 valence electrons. The third-order valence-corrected chi connectivity index (χ3v) is 5.41. The summed E-state index contributed by atoms with van der Waals surface area (Å²) in [6.45, 7) is 7.90. The lowest BCUT2D eigenvalue weighted by molar-refractivity contribution is 0.0127. The number of hydrogen-bond donors (Lipinski definition) is 1. The van der Waals surface area contributed by atoms with Gasteiger partial charge in [-0.25, -0.2) is 13.9 Å². The molecule has 0 bridgehead atoms. The minimum absolute atomic E-state index is 0.0278. The number of ether oxygens (including phenoxy) is 1. The van der Waals surface area contributed by atoms with Gasteiger partial charge >= 0.3 is 5.97 Å². The summed E-state index contributed by atoms with van der Waals surface area (Å²) in [5.74, 6) is -1.27. The first-order valence-electron chi connectivity index (χ1n) is 9.38. The molecule has 1 atom stereocenters. The van der Waals surface area contributed by atoms with E-state index in [1.54, 1.807) is 14.0 Å². The van der Waals surface area contributed by atoms with Gasteiger partial charge in [-0.05, 0) is 57.7 Å². The number of benzene rings is 1. The molecule has 0 saturated heterocycles. The van der Waals surface area contributed by atoms with Gasteiger partial charge in [-0.15, -0.1) is 0 Å². The fourth-order valence-electron chi connectivity index (χ4n) is 3.26. The molecule has 0 aliphatic carbocycles. The molecule has 0 amide bonds. The normalized spacial score (nSPS) is 13.0. The third-order valence-electron chi connectivity index (χ3n) is 5.12. The van der Waals surface area contributed by atoms with Crippen molar-refractivity contribution in [2.24, 2.45) is 5.92 Å². The van der Waals surface area contributed by atoms with Crippen molar-refractivity contribution in [2.75, 3.05) is 7.11 Å². The Bertz CT molecular complexity index is 848. The van der Waals surface area contributed by atoms with Crippen molar-refractivity contribution in [3.8, 4) is 5.69 Å². The van der Waals surface area contributed by atoms with Gasteiger partial charge in [0.1, 0.15) is 11.4 Å². The highest BCUT2D eigenvalue weighted by molar-refractivity contribution is 6.30. The van der Waals surface area contributed by atoms with Gasteiger partial charge in [0.25, 0.3) is 0 Å². The molecule has 0 saturated carbocycles. The van der Waals surface area contributed by atoms with Crippen molar-refractivity contribution in [3.63, 3.8) is 0 Å². The first-order valence-corrected chi connectivity index (χ1v) is 9.76. The number of carboxylic acid groups (broad SMARTS) is 1. The molecule has 1 N–H and O–H groups in total. The lowest BCUT2D eigenvalue weighted by Gasteiger charge is -2.23.